The first-order valence-corrected chi connectivity index (χ1v) is 11.7. The molecule has 3 rings (SSSR count). The van der Waals surface area contributed by atoms with Crippen LogP contribution in [0, 0.1) is 5.92 Å². The number of piperidine rings is 1. The molecule has 1 aromatic carbocycles. The Kier molecular flexibility index (Phi) is 7.50. The normalized spacial score (nSPS) is 22.3. The van der Waals surface area contributed by atoms with Crippen LogP contribution in [0.3, 0.4) is 0 Å². The van der Waals surface area contributed by atoms with Gasteiger partial charge in [-0.05, 0) is 38.4 Å². The summed E-state index contributed by atoms with van der Waals surface area (Å²) in [5, 5.41) is 0. The monoisotopic (exact) mass is 425 g/mol. The lowest BCUT2D eigenvalue weighted by atomic mass is 9.98. The van der Waals surface area contributed by atoms with E-state index in [1.807, 2.05) is 18.2 Å². The Morgan fingerprint density at radius 3 is 2.48 bits per heavy atom. The van der Waals surface area contributed by atoms with Gasteiger partial charge in [0.25, 0.3) is 0 Å². The summed E-state index contributed by atoms with van der Waals surface area (Å²) in [6.07, 6.45) is 0.347. The number of rotatable bonds is 7. The zero-order chi connectivity index (χ0) is 20.9. The van der Waals surface area contributed by atoms with Crippen LogP contribution < -0.4 is 4.31 Å². The van der Waals surface area contributed by atoms with Gasteiger partial charge in [0.15, 0.2) is 6.23 Å². The predicted octanol–water partition coefficient (Wildman–Crippen LogP) is 1.69. The van der Waals surface area contributed by atoms with Gasteiger partial charge in [-0.1, -0.05) is 25.1 Å². The third kappa shape index (κ3) is 5.09. The van der Waals surface area contributed by atoms with Gasteiger partial charge in [-0.25, -0.2) is 4.31 Å². The van der Waals surface area contributed by atoms with E-state index in [0.717, 1.165) is 13.1 Å². The molecule has 1 unspecified atom stereocenters. The molecular formula is C20H31N3O5S. The molecule has 2 fully saturated rings. The molecule has 1 atom stereocenters. The maximum Gasteiger partial charge on any atom is 0.309 e. The van der Waals surface area contributed by atoms with Crippen LogP contribution in [0.25, 0.3) is 0 Å². The highest BCUT2D eigenvalue weighted by Gasteiger charge is 2.40. The number of morpholine rings is 1. The number of hydrogen-bond donors (Lipinski definition) is 0. The second-order valence-corrected chi connectivity index (χ2v) is 9.09. The molecule has 0 N–H and O–H groups in total. The summed E-state index contributed by atoms with van der Waals surface area (Å²) >= 11 is 0. The Hall–Kier alpha value is -1.68. The van der Waals surface area contributed by atoms with Crippen molar-refractivity contribution in [3.8, 4) is 0 Å². The Balaban J connectivity index is 1.81. The number of nitrogens with zero attached hydrogens (tertiary/aromatic N) is 3. The molecule has 0 spiro atoms. The Bertz CT molecular complexity index is 766. The molecule has 162 valence electrons. The van der Waals surface area contributed by atoms with Crippen LogP contribution in [0.15, 0.2) is 30.3 Å². The van der Waals surface area contributed by atoms with Crippen molar-refractivity contribution in [3.63, 3.8) is 0 Å². The summed E-state index contributed by atoms with van der Waals surface area (Å²) in [4.78, 5) is 14.2. The van der Waals surface area contributed by atoms with Gasteiger partial charge in [0, 0.05) is 26.2 Å². The largest absolute Gasteiger partial charge is 0.466 e. The molecule has 0 aliphatic carbocycles. The van der Waals surface area contributed by atoms with Crippen molar-refractivity contribution >= 4 is 21.9 Å². The van der Waals surface area contributed by atoms with Crippen LogP contribution in [0.5, 0.6) is 0 Å². The van der Waals surface area contributed by atoms with Crippen LogP contribution in [-0.4, -0.2) is 75.8 Å². The van der Waals surface area contributed by atoms with E-state index >= 15 is 0 Å². The van der Waals surface area contributed by atoms with E-state index < -0.39 is 16.4 Å². The van der Waals surface area contributed by atoms with E-state index in [1.54, 1.807) is 19.1 Å². The number of para-hydroxylation sites is 1. The third-order valence-corrected chi connectivity index (χ3v) is 7.46. The highest BCUT2D eigenvalue weighted by molar-refractivity contribution is 7.90. The molecule has 1 aromatic rings. The quantitative estimate of drug-likeness (QED) is 0.619. The molecule has 2 saturated heterocycles. The minimum absolute atomic E-state index is 0.237. The van der Waals surface area contributed by atoms with Gasteiger partial charge in [-0.2, -0.15) is 12.7 Å². The number of ether oxygens (including phenoxy) is 2. The van der Waals surface area contributed by atoms with Crippen LogP contribution in [0.2, 0.25) is 0 Å². The minimum Gasteiger partial charge on any atom is -0.466 e. The summed E-state index contributed by atoms with van der Waals surface area (Å²) in [6.45, 7) is 7.40. The topological polar surface area (TPSA) is 79.4 Å². The number of carbonyl (C=O) groups excluding carboxylic acids is 1. The molecule has 8 nitrogen and oxygen atoms in total. The molecule has 9 heteroatoms. The van der Waals surface area contributed by atoms with Gasteiger partial charge in [-0.3, -0.25) is 9.69 Å². The molecule has 0 amide bonds. The fourth-order valence-electron chi connectivity index (χ4n) is 3.84. The molecule has 0 radical (unpaired) electrons. The van der Waals surface area contributed by atoms with Crippen LogP contribution in [-0.2, 0) is 24.5 Å². The van der Waals surface area contributed by atoms with Crippen molar-refractivity contribution in [1.29, 1.82) is 0 Å². The summed E-state index contributed by atoms with van der Waals surface area (Å²) in [5.41, 5.74) is 0.586. The standard InChI is InChI=1S/C20H31N3O5S/c1-3-21-14-15-28-19(16-21)23(18-8-6-5-7-9-18)29(25,26)22-12-10-17(11-13-22)20(24)27-4-2/h5-9,17,19H,3-4,10-16H2,1-2H3. The average molecular weight is 426 g/mol. The summed E-state index contributed by atoms with van der Waals surface area (Å²) in [6, 6.07) is 9.09. The zero-order valence-electron chi connectivity index (χ0n) is 17.2. The maximum atomic E-state index is 13.6. The SMILES string of the molecule is CCOC(=O)C1CCN(S(=O)(=O)N(c2ccccc2)C2CN(CC)CCO2)CC1. The Labute approximate surface area is 173 Å². The van der Waals surface area contributed by atoms with Gasteiger partial charge in [0.1, 0.15) is 0 Å². The first-order chi connectivity index (χ1) is 14.0. The summed E-state index contributed by atoms with van der Waals surface area (Å²) < 4.78 is 41.1. The van der Waals surface area contributed by atoms with Gasteiger partial charge >= 0.3 is 16.2 Å². The summed E-state index contributed by atoms with van der Waals surface area (Å²) in [7, 11) is -3.81. The van der Waals surface area contributed by atoms with Crippen LogP contribution in [0.1, 0.15) is 26.7 Å². The van der Waals surface area contributed by atoms with Gasteiger partial charge in [-0.15, -0.1) is 0 Å². The van der Waals surface area contributed by atoms with E-state index in [9.17, 15) is 13.2 Å². The summed E-state index contributed by atoms with van der Waals surface area (Å²) in [5.74, 6) is -0.480. The van der Waals surface area contributed by atoms with Gasteiger partial charge in [0.2, 0.25) is 0 Å². The third-order valence-electron chi connectivity index (χ3n) is 5.50. The van der Waals surface area contributed by atoms with Crippen molar-refractivity contribution in [2.75, 3.05) is 50.2 Å². The fourth-order valence-corrected chi connectivity index (χ4v) is 5.58. The smallest absolute Gasteiger partial charge is 0.309 e. The maximum absolute atomic E-state index is 13.6. The van der Waals surface area contributed by atoms with Gasteiger partial charge in [0.05, 0.1) is 24.8 Å². The van der Waals surface area contributed by atoms with Crippen molar-refractivity contribution in [2.45, 2.75) is 32.9 Å². The molecular weight excluding hydrogens is 394 g/mol. The van der Waals surface area contributed by atoms with E-state index in [4.69, 9.17) is 9.47 Å². The highest BCUT2D eigenvalue weighted by Crippen LogP contribution is 2.29. The van der Waals surface area contributed by atoms with Crippen LogP contribution >= 0.6 is 0 Å². The van der Waals surface area contributed by atoms with E-state index in [0.29, 0.717) is 51.4 Å². The highest BCUT2D eigenvalue weighted by atomic mass is 32.2. The van der Waals surface area contributed by atoms with E-state index in [1.165, 1.54) is 8.61 Å². The Morgan fingerprint density at radius 1 is 1.17 bits per heavy atom. The second kappa shape index (κ2) is 9.88. The van der Waals surface area contributed by atoms with Crippen molar-refractivity contribution in [2.24, 2.45) is 5.92 Å². The predicted molar refractivity (Wildman–Crippen MR) is 111 cm³/mol. The van der Waals surface area contributed by atoms with E-state index in [-0.39, 0.29) is 11.9 Å². The van der Waals surface area contributed by atoms with E-state index in [2.05, 4.69) is 11.8 Å². The molecule has 0 saturated carbocycles. The van der Waals surface area contributed by atoms with Crippen molar-refractivity contribution in [1.82, 2.24) is 9.21 Å². The number of esters is 1. The molecule has 0 bridgehead atoms. The molecule has 2 aliphatic rings. The van der Waals surface area contributed by atoms with Gasteiger partial charge < -0.3 is 9.47 Å². The lowest BCUT2D eigenvalue weighted by Gasteiger charge is -2.42. The zero-order valence-corrected chi connectivity index (χ0v) is 18.0. The number of benzene rings is 1. The minimum atomic E-state index is -3.81. The van der Waals surface area contributed by atoms with Crippen molar-refractivity contribution in [3.05, 3.63) is 30.3 Å². The molecule has 29 heavy (non-hydrogen) atoms. The fraction of sp³-hybridized carbons (Fsp3) is 0.650. The first kappa shape index (κ1) is 22.0. The lowest BCUT2D eigenvalue weighted by molar-refractivity contribution is -0.149. The number of hydrogen-bond acceptors (Lipinski definition) is 6. The number of likely N-dealkylation sites (N-methyl/N-ethyl adjacent to an activating group) is 1. The molecule has 2 aliphatic heterocycles. The Morgan fingerprint density at radius 2 is 1.86 bits per heavy atom. The van der Waals surface area contributed by atoms with Crippen LogP contribution in [0.4, 0.5) is 5.69 Å². The second-order valence-electron chi connectivity index (χ2n) is 7.28. The van der Waals surface area contributed by atoms with Crippen molar-refractivity contribution < 1.29 is 22.7 Å². The number of anilines is 1. The number of carbonyl (C=O) groups is 1. The average Bonchev–Trinajstić information content (AvgIpc) is 2.75. The first-order valence-electron chi connectivity index (χ1n) is 10.3. The molecule has 0 aromatic heterocycles. The molecule has 2 heterocycles. The lowest BCUT2D eigenvalue weighted by Crippen LogP contribution is -2.57.